The molecule has 2 aromatic carbocycles. The number of hydrogen-bond acceptors (Lipinski definition) is 3. The van der Waals surface area contributed by atoms with Crippen molar-refractivity contribution in [2.45, 2.75) is 30.8 Å². The maximum absolute atomic E-state index is 12.3. The van der Waals surface area contributed by atoms with Gasteiger partial charge in [-0.1, -0.05) is 41.9 Å². The Kier molecular flexibility index (Phi) is 5.56. The van der Waals surface area contributed by atoms with Crippen LogP contribution in [0, 0.1) is 0 Å². The lowest BCUT2D eigenvalue weighted by Gasteiger charge is -2.15. The van der Waals surface area contributed by atoms with Gasteiger partial charge in [-0.05, 0) is 55.3 Å². The highest BCUT2D eigenvalue weighted by molar-refractivity contribution is 7.89. The molecule has 1 aliphatic rings. The Balaban J connectivity index is 1.65. The molecule has 0 amide bonds. The quantitative estimate of drug-likeness (QED) is 0.854. The summed E-state index contributed by atoms with van der Waals surface area (Å²) in [6.45, 7) is 3.48. The second-order valence-electron chi connectivity index (χ2n) is 6.09. The molecule has 4 nitrogen and oxygen atoms in total. The van der Waals surface area contributed by atoms with Gasteiger partial charge in [0, 0.05) is 18.1 Å². The zero-order valence-corrected chi connectivity index (χ0v) is 15.0. The van der Waals surface area contributed by atoms with Crippen LogP contribution >= 0.6 is 11.6 Å². The Hall–Kier alpha value is -1.40. The first-order valence-electron chi connectivity index (χ1n) is 8.08. The number of nitrogens with zero attached hydrogens (tertiary/aromatic N) is 1. The van der Waals surface area contributed by atoms with Gasteiger partial charge in [-0.3, -0.25) is 4.90 Å². The van der Waals surface area contributed by atoms with E-state index in [9.17, 15) is 8.42 Å². The average molecular weight is 365 g/mol. The van der Waals surface area contributed by atoms with Crippen LogP contribution in [0.2, 0.25) is 5.02 Å². The van der Waals surface area contributed by atoms with E-state index >= 15 is 0 Å². The van der Waals surface area contributed by atoms with E-state index < -0.39 is 10.0 Å². The van der Waals surface area contributed by atoms with E-state index in [2.05, 4.69) is 21.8 Å². The smallest absolute Gasteiger partial charge is 0.240 e. The van der Waals surface area contributed by atoms with Crippen molar-refractivity contribution in [1.29, 1.82) is 0 Å². The molecule has 1 saturated heterocycles. The number of rotatable bonds is 6. The molecule has 0 spiro atoms. The molecular formula is C18H21ClN2O2S. The van der Waals surface area contributed by atoms with Crippen molar-refractivity contribution in [3.63, 3.8) is 0 Å². The maximum atomic E-state index is 12.3. The first-order chi connectivity index (χ1) is 11.5. The van der Waals surface area contributed by atoms with Crippen LogP contribution in [-0.2, 0) is 23.1 Å². The number of sulfonamides is 1. The summed E-state index contributed by atoms with van der Waals surface area (Å²) in [6, 6.07) is 14.4. The van der Waals surface area contributed by atoms with Crippen molar-refractivity contribution in [2.75, 3.05) is 13.1 Å². The van der Waals surface area contributed by atoms with Crippen molar-refractivity contribution in [2.24, 2.45) is 0 Å². The molecular weight excluding hydrogens is 344 g/mol. The highest BCUT2D eigenvalue weighted by Crippen LogP contribution is 2.17. The summed E-state index contributed by atoms with van der Waals surface area (Å²) in [5.41, 5.74) is 2.17. The minimum Gasteiger partial charge on any atom is -0.299 e. The van der Waals surface area contributed by atoms with E-state index in [1.807, 2.05) is 12.1 Å². The lowest BCUT2D eigenvalue weighted by Crippen LogP contribution is -2.23. The predicted molar refractivity (Wildman–Crippen MR) is 96.4 cm³/mol. The molecule has 0 aromatic heterocycles. The first kappa shape index (κ1) is 17.4. The third-order valence-corrected chi connectivity index (χ3v) is 5.80. The van der Waals surface area contributed by atoms with Gasteiger partial charge in [0.15, 0.2) is 0 Å². The molecule has 24 heavy (non-hydrogen) atoms. The van der Waals surface area contributed by atoms with Gasteiger partial charge in [0.25, 0.3) is 0 Å². The van der Waals surface area contributed by atoms with Crippen LogP contribution in [0.15, 0.2) is 53.4 Å². The fourth-order valence-corrected chi connectivity index (χ4v) is 4.25. The largest absolute Gasteiger partial charge is 0.299 e. The zero-order valence-electron chi connectivity index (χ0n) is 13.4. The number of likely N-dealkylation sites (tertiary alicyclic amines) is 1. The van der Waals surface area contributed by atoms with Crippen LogP contribution in [0.25, 0.3) is 0 Å². The maximum Gasteiger partial charge on any atom is 0.240 e. The van der Waals surface area contributed by atoms with Crippen LogP contribution < -0.4 is 4.72 Å². The Morgan fingerprint density at radius 3 is 2.46 bits per heavy atom. The molecule has 1 N–H and O–H groups in total. The van der Waals surface area contributed by atoms with Gasteiger partial charge in [-0.15, -0.1) is 0 Å². The van der Waals surface area contributed by atoms with Crippen molar-refractivity contribution >= 4 is 21.6 Å². The standard InChI is InChI=1S/C18H21ClN2O2S/c19-17-7-4-8-18(12-17)24(22,23)20-13-15-5-3-6-16(11-15)14-21-9-1-2-10-21/h3-8,11-12,20H,1-2,9-10,13-14H2. The summed E-state index contributed by atoms with van der Waals surface area (Å²) in [7, 11) is -3.56. The molecule has 3 rings (SSSR count). The van der Waals surface area contributed by atoms with Gasteiger partial charge in [-0.25, -0.2) is 13.1 Å². The number of benzene rings is 2. The average Bonchev–Trinajstić information content (AvgIpc) is 3.06. The molecule has 2 aromatic rings. The van der Waals surface area contributed by atoms with Crippen molar-refractivity contribution < 1.29 is 8.42 Å². The molecule has 0 aliphatic carbocycles. The van der Waals surface area contributed by atoms with Gasteiger partial charge in [0.1, 0.15) is 0 Å². The zero-order chi connectivity index (χ0) is 17.0. The molecule has 1 fully saturated rings. The number of nitrogens with one attached hydrogen (secondary N) is 1. The first-order valence-corrected chi connectivity index (χ1v) is 9.94. The lowest BCUT2D eigenvalue weighted by atomic mass is 10.1. The SMILES string of the molecule is O=S(=O)(NCc1cccc(CN2CCCC2)c1)c1cccc(Cl)c1. The Bertz CT molecular complexity index is 802. The predicted octanol–water partition coefficient (Wildman–Crippen LogP) is 3.41. The number of hydrogen-bond donors (Lipinski definition) is 1. The fourth-order valence-electron chi connectivity index (χ4n) is 2.93. The lowest BCUT2D eigenvalue weighted by molar-refractivity contribution is 0.331. The molecule has 0 saturated carbocycles. The summed E-state index contributed by atoms with van der Waals surface area (Å²) in [4.78, 5) is 2.61. The van der Waals surface area contributed by atoms with E-state index in [4.69, 9.17) is 11.6 Å². The van der Waals surface area contributed by atoms with Gasteiger partial charge < -0.3 is 0 Å². The number of halogens is 1. The Morgan fingerprint density at radius 2 is 1.71 bits per heavy atom. The molecule has 0 unspecified atom stereocenters. The normalized spacial score (nSPS) is 15.7. The fraction of sp³-hybridized carbons (Fsp3) is 0.333. The van der Waals surface area contributed by atoms with Crippen LogP contribution in [0.5, 0.6) is 0 Å². The van der Waals surface area contributed by atoms with Gasteiger partial charge >= 0.3 is 0 Å². The minimum absolute atomic E-state index is 0.184. The van der Waals surface area contributed by atoms with Gasteiger partial charge in [-0.2, -0.15) is 0 Å². The molecule has 128 valence electrons. The van der Waals surface area contributed by atoms with Gasteiger partial charge in [0.2, 0.25) is 10.0 Å². The van der Waals surface area contributed by atoms with Crippen LogP contribution in [-0.4, -0.2) is 26.4 Å². The van der Waals surface area contributed by atoms with Crippen molar-refractivity contribution in [3.8, 4) is 0 Å². The van der Waals surface area contributed by atoms with Crippen LogP contribution in [0.4, 0.5) is 0 Å². The summed E-state index contributed by atoms with van der Waals surface area (Å²) < 4.78 is 27.3. The highest BCUT2D eigenvalue weighted by atomic mass is 35.5. The third-order valence-electron chi connectivity index (χ3n) is 4.17. The molecule has 6 heteroatoms. The molecule has 1 aliphatic heterocycles. The molecule has 1 heterocycles. The van der Waals surface area contributed by atoms with Crippen LogP contribution in [0.1, 0.15) is 24.0 Å². The van der Waals surface area contributed by atoms with E-state index in [0.717, 1.165) is 25.2 Å². The van der Waals surface area contributed by atoms with E-state index in [1.165, 1.54) is 30.5 Å². The highest BCUT2D eigenvalue weighted by Gasteiger charge is 2.15. The van der Waals surface area contributed by atoms with E-state index in [0.29, 0.717) is 5.02 Å². The van der Waals surface area contributed by atoms with Crippen LogP contribution in [0.3, 0.4) is 0 Å². The Labute approximate surface area is 148 Å². The second-order valence-corrected chi connectivity index (χ2v) is 8.29. The summed E-state index contributed by atoms with van der Waals surface area (Å²) in [5.74, 6) is 0. The molecule has 0 radical (unpaired) electrons. The Morgan fingerprint density at radius 1 is 1.00 bits per heavy atom. The summed E-state index contributed by atoms with van der Waals surface area (Å²) >= 11 is 5.87. The third kappa shape index (κ3) is 4.57. The second kappa shape index (κ2) is 7.66. The minimum atomic E-state index is -3.56. The summed E-state index contributed by atoms with van der Waals surface area (Å²) in [6.07, 6.45) is 2.53. The summed E-state index contributed by atoms with van der Waals surface area (Å²) in [5, 5.41) is 0.408. The van der Waals surface area contributed by atoms with Gasteiger partial charge in [0.05, 0.1) is 4.90 Å². The molecule has 0 atom stereocenters. The van der Waals surface area contributed by atoms with E-state index in [1.54, 1.807) is 12.1 Å². The molecule has 0 bridgehead atoms. The van der Waals surface area contributed by atoms with Crippen molar-refractivity contribution in [1.82, 2.24) is 9.62 Å². The topological polar surface area (TPSA) is 49.4 Å². The monoisotopic (exact) mass is 364 g/mol. The van der Waals surface area contributed by atoms with Crippen molar-refractivity contribution in [3.05, 3.63) is 64.7 Å². The van der Waals surface area contributed by atoms with E-state index in [-0.39, 0.29) is 11.4 Å².